The van der Waals surface area contributed by atoms with Gasteiger partial charge in [0.2, 0.25) is 5.91 Å². The lowest BCUT2D eigenvalue weighted by molar-refractivity contribution is -0.117. The summed E-state index contributed by atoms with van der Waals surface area (Å²) < 4.78 is 5.18. The topological polar surface area (TPSA) is 84.4 Å². The summed E-state index contributed by atoms with van der Waals surface area (Å²) in [7, 11) is 0. The fourth-order valence-electron chi connectivity index (χ4n) is 2.02. The molecule has 1 N–H and O–H groups in total. The van der Waals surface area contributed by atoms with E-state index < -0.39 is 6.09 Å². The maximum absolute atomic E-state index is 11.9. The molecular weight excluding hydrogens is 272 g/mol. The van der Waals surface area contributed by atoms with Gasteiger partial charge in [0.05, 0.1) is 24.6 Å². The molecule has 1 aliphatic rings. The minimum absolute atomic E-state index is 0.0952. The number of nitrogens with one attached hydrogen (secondary N) is 1. The van der Waals surface area contributed by atoms with Gasteiger partial charge in [-0.2, -0.15) is 0 Å². The number of carbonyl (C=O) groups is 2. The highest BCUT2D eigenvalue weighted by molar-refractivity contribution is 5.93. The third kappa shape index (κ3) is 2.97. The highest BCUT2D eigenvalue weighted by Gasteiger charge is 2.26. The first-order valence-corrected chi connectivity index (χ1v) is 6.32. The lowest BCUT2D eigenvalue weighted by Crippen LogP contribution is -2.41. The highest BCUT2D eigenvalue weighted by atomic mass is 16.6. The van der Waals surface area contributed by atoms with Crippen LogP contribution in [0.4, 0.5) is 10.5 Å². The van der Waals surface area contributed by atoms with Crippen LogP contribution in [-0.4, -0.2) is 33.4 Å². The Balaban J connectivity index is 1.65. The molecule has 1 aromatic heterocycles. The molecule has 1 aliphatic heterocycles. The third-order valence-corrected chi connectivity index (χ3v) is 2.97. The first-order valence-electron chi connectivity index (χ1n) is 6.32. The Morgan fingerprint density at radius 1 is 1.29 bits per heavy atom. The van der Waals surface area contributed by atoms with E-state index in [1.165, 1.54) is 23.6 Å². The SMILES string of the molecule is O=C(CN1Cc2ccccc2OC1=O)Nc1cncnc1. The molecule has 0 atom stereocenters. The van der Waals surface area contributed by atoms with E-state index in [0.29, 0.717) is 18.0 Å². The van der Waals surface area contributed by atoms with Gasteiger partial charge in [-0.05, 0) is 6.07 Å². The van der Waals surface area contributed by atoms with Crippen molar-refractivity contribution >= 4 is 17.7 Å². The van der Waals surface area contributed by atoms with Gasteiger partial charge in [0, 0.05) is 5.56 Å². The van der Waals surface area contributed by atoms with Crippen LogP contribution < -0.4 is 10.1 Å². The number of aromatic nitrogens is 2. The predicted octanol–water partition coefficient (Wildman–Crippen LogP) is 1.43. The van der Waals surface area contributed by atoms with E-state index in [0.717, 1.165) is 5.56 Å². The number of amides is 2. The molecule has 0 radical (unpaired) electrons. The molecule has 0 saturated carbocycles. The molecule has 2 heterocycles. The molecule has 0 saturated heterocycles. The summed E-state index contributed by atoms with van der Waals surface area (Å²) in [5, 5.41) is 2.62. The molecule has 2 aromatic rings. The zero-order valence-corrected chi connectivity index (χ0v) is 11.0. The second kappa shape index (κ2) is 5.58. The lowest BCUT2D eigenvalue weighted by Gasteiger charge is -2.27. The quantitative estimate of drug-likeness (QED) is 0.921. The molecule has 106 valence electrons. The highest BCUT2D eigenvalue weighted by Crippen LogP contribution is 2.25. The number of rotatable bonds is 3. The van der Waals surface area contributed by atoms with Crippen LogP contribution in [0.1, 0.15) is 5.56 Å². The van der Waals surface area contributed by atoms with Crippen LogP contribution in [0, 0.1) is 0 Å². The predicted molar refractivity (Wildman–Crippen MR) is 73.5 cm³/mol. The minimum atomic E-state index is -0.534. The van der Waals surface area contributed by atoms with Gasteiger partial charge in [0.25, 0.3) is 0 Å². The van der Waals surface area contributed by atoms with Gasteiger partial charge in [0.15, 0.2) is 0 Å². The van der Waals surface area contributed by atoms with Crippen LogP contribution in [0.5, 0.6) is 5.75 Å². The smallest absolute Gasteiger partial charge is 0.410 e. The second-order valence-corrected chi connectivity index (χ2v) is 4.51. The van der Waals surface area contributed by atoms with Crippen molar-refractivity contribution in [2.75, 3.05) is 11.9 Å². The molecule has 0 unspecified atom stereocenters. The van der Waals surface area contributed by atoms with E-state index in [1.54, 1.807) is 12.1 Å². The maximum Gasteiger partial charge on any atom is 0.416 e. The first-order chi connectivity index (χ1) is 10.2. The molecule has 0 spiro atoms. The maximum atomic E-state index is 11.9. The van der Waals surface area contributed by atoms with Crippen LogP contribution in [-0.2, 0) is 11.3 Å². The van der Waals surface area contributed by atoms with Gasteiger partial charge in [-0.3, -0.25) is 9.69 Å². The largest absolute Gasteiger partial charge is 0.416 e. The Labute approximate surface area is 120 Å². The third-order valence-electron chi connectivity index (χ3n) is 2.97. The summed E-state index contributed by atoms with van der Waals surface area (Å²) in [6.45, 7) is 0.246. The van der Waals surface area contributed by atoms with E-state index in [2.05, 4.69) is 15.3 Å². The van der Waals surface area contributed by atoms with Crippen LogP contribution in [0.25, 0.3) is 0 Å². The molecule has 0 fully saturated rings. The van der Waals surface area contributed by atoms with Crippen molar-refractivity contribution in [3.63, 3.8) is 0 Å². The Kier molecular flexibility index (Phi) is 3.46. The Morgan fingerprint density at radius 2 is 2.05 bits per heavy atom. The Hall–Kier alpha value is -2.96. The molecule has 0 bridgehead atoms. The van der Waals surface area contributed by atoms with Gasteiger partial charge < -0.3 is 10.1 Å². The van der Waals surface area contributed by atoms with Crippen molar-refractivity contribution in [3.05, 3.63) is 48.5 Å². The number of benzene rings is 1. The summed E-state index contributed by atoms with van der Waals surface area (Å²) in [5.74, 6) is 0.205. The van der Waals surface area contributed by atoms with E-state index in [1.807, 2.05) is 12.1 Å². The van der Waals surface area contributed by atoms with E-state index in [4.69, 9.17) is 4.74 Å². The molecule has 2 amide bonds. The average molecular weight is 284 g/mol. The summed E-state index contributed by atoms with van der Waals surface area (Å²) in [4.78, 5) is 32.7. The van der Waals surface area contributed by atoms with Gasteiger partial charge in [-0.15, -0.1) is 0 Å². The minimum Gasteiger partial charge on any atom is -0.410 e. The van der Waals surface area contributed by atoms with Crippen molar-refractivity contribution in [3.8, 4) is 5.75 Å². The van der Waals surface area contributed by atoms with E-state index in [9.17, 15) is 9.59 Å². The number of nitrogens with zero attached hydrogens (tertiary/aromatic N) is 3. The van der Waals surface area contributed by atoms with Crippen LogP contribution in [0.2, 0.25) is 0 Å². The Bertz CT molecular complexity index is 675. The zero-order valence-electron chi connectivity index (χ0n) is 11.0. The molecule has 3 rings (SSSR count). The summed E-state index contributed by atoms with van der Waals surface area (Å²) in [6.07, 6.45) is 3.80. The van der Waals surface area contributed by atoms with Crippen LogP contribution in [0.15, 0.2) is 43.0 Å². The number of hydrogen-bond acceptors (Lipinski definition) is 5. The van der Waals surface area contributed by atoms with Crippen LogP contribution >= 0.6 is 0 Å². The fraction of sp³-hybridized carbons (Fsp3) is 0.143. The summed E-state index contributed by atoms with van der Waals surface area (Å²) in [6, 6.07) is 7.24. The van der Waals surface area contributed by atoms with E-state index >= 15 is 0 Å². The zero-order chi connectivity index (χ0) is 14.7. The van der Waals surface area contributed by atoms with Gasteiger partial charge in [-0.25, -0.2) is 14.8 Å². The standard InChI is InChI=1S/C14H12N4O3/c19-13(17-11-5-15-9-16-6-11)8-18-7-10-3-1-2-4-12(10)21-14(18)20/h1-6,9H,7-8H2,(H,17,19). The molecule has 7 nitrogen and oxygen atoms in total. The van der Waals surface area contributed by atoms with Gasteiger partial charge in [0.1, 0.15) is 18.6 Å². The van der Waals surface area contributed by atoms with Crippen molar-refractivity contribution in [2.45, 2.75) is 6.54 Å². The first kappa shape index (κ1) is 13.0. The van der Waals surface area contributed by atoms with Gasteiger partial charge in [-0.1, -0.05) is 18.2 Å². The van der Waals surface area contributed by atoms with Crippen molar-refractivity contribution in [1.82, 2.24) is 14.9 Å². The summed E-state index contributed by atoms with van der Waals surface area (Å²) in [5.41, 5.74) is 1.35. The number of carbonyl (C=O) groups excluding carboxylic acids is 2. The molecule has 1 aromatic carbocycles. The van der Waals surface area contributed by atoms with Crippen molar-refractivity contribution < 1.29 is 14.3 Å². The lowest BCUT2D eigenvalue weighted by atomic mass is 10.1. The summed E-state index contributed by atoms with van der Waals surface area (Å²) >= 11 is 0. The Morgan fingerprint density at radius 3 is 2.86 bits per heavy atom. The molecule has 7 heteroatoms. The monoisotopic (exact) mass is 284 g/mol. The molecule has 21 heavy (non-hydrogen) atoms. The number of anilines is 1. The normalized spacial score (nSPS) is 13.3. The molecule has 0 aliphatic carbocycles. The van der Waals surface area contributed by atoms with E-state index in [-0.39, 0.29) is 12.5 Å². The second-order valence-electron chi connectivity index (χ2n) is 4.51. The fourth-order valence-corrected chi connectivity index (χ4v) is 2.02. The number of para-hydroxylation sites is 1. The van der Waals surface area contributed by atoms with Crippen molar-refractivity contribution in [2.24, 2.45) is 0 Å². The number of ether oxygens (including phenoxy) is 1. The van der Waals surface area contributed by atoms with Gasteiger partial charge >= 0.3 is 6.09 Å². The number of fused-ring (bicyclic) bond motifs is 1. The van der Waals surface area contributed by atoms with Crippen molar-refractivity contribution in [1.29, 1.82) is 0 Å². The number of hydrogen-bond donors (Lipinski definition) is 1. The van der Waals surface area contributed by atoms with Crippen LogP contribution in [0.3, 0.4) is 0 Å². The molecular formula is C14H12N4O3. The average Bonchev–Trinajstić information content (AvgIpc) is 2.49.